The van der Waals surface area contributed by atoms with Crippen LogP contribution in [-0.4, -0.2) is 38.6 Å². The summed E-state index contributed by atoms with van der Waals surface area (Å²) in [7, 11) is 1.60. The third kappa shape index (κ3) is 8.14. The highest BCUT2D eigenvalue weighted by Crippen LogP contribution is 2.32. The largest absolute Gasteiger partial charge is 0.497 e. The molecule has 1 aromatic heterocycles. The zero-order valence-electron chi connectivity index (χ0n) is 22.3. The van der Waals surface area contributed by atoms with Crippen LogP contribution in [-0.2, 0) is 11.0 Å². The summed E-state index contributed by atoms with van der Waals surface area (Å²) in [5.74, 6) is -0.348. The molecule has 3 aromatic carbocycles. The zero-order valence-corrected chi connectivity index (χ0v) is 22.3. The molecule has 1 atom stereocenters. The fourth-order valence-corrected chi connectivity index (χ4v) is 4.24. The number of rotatable bonds is 12. The lowest BCUT2D eigenvalue weighted by molar-refractivity contribution is -0.137. The molecule has 0 saturated heterocycles. The van der Waals surface area contributed by atoms with Crippen molar-refractivity contribution in [1.29, 1.82) is 0 Å². The Labute approximate surface area is 235 Å². The van der Waals surface area contributed by atoms with Gasteiger partial charge in [-0.1, -0.05) is 42.5 Å². The minimum atomic E-state index is -4.49. The van der Waals surface area contributed by atoms with Crippen LogP contribution in [0.2, 0.25) is 0 Å². The fourth-order valence-electron chi connectivity index (χ4n) is 4.24. The molecule has 3 N–H and O–H groups in total. The Balaban J connectivity index is 1.31. The molecular formula is C31H30F3N3O4. The van der Waals surface area contributed by atoms with E-state index in [0.717, 1.165) is 29.1 Å². The van der Waals surface area contributed by atoms with Crippen molar-refractivity contribution in [2.45, 2.75) is 18.5 Å². The van der Waals surface area contributed by atoms with Crippen LogP contribution in [0.3, 0.4) is 0 Å². The zero-order chi connectivity index (χ0) is 29.2. The number of alkyl halides is 3. The van der Waals surface area contributed by atoms with Crippen molar-refractivity contribution in [2.24, 2.45) is 0 Å². The van der Waals surface area contributed by atoms with Gasteiger partial charge in [0, 0.05) is 30.9 Å². The van der Waals surface area contributed by atoms with E-state index in [9.17, 15) is 22.8 Å². The van der Waals surface area contributed by atoms with Crippen molar-refractivity contribution in [2.75, 3.05) is 32.1 Å². The van der Waals surface area contributed by atoms with Gasteiger partial charge in [0.15, 0.2) is 5.76 Å². The highest BCUT2D eigenvalue weighted by atomic mass is 19.4. The molecule has 2 amide bonds. The van der Waals surface area contributed by atoms with E-state index in [4.69, 9.17) is 9.15 Å². The lowest BCUT2D eigenvalue weighted by atomic mass is 9.94. The Morgan fingerprint density at radius 2 is 1.61 bits per heavy atom. The Bertz CT molecular complexity index is 1440. The minimum absolute atomic E-state index is 0.0391. The SMILES string of the molecule is COc1ccc(NCCNC(=O)[C@@H](CCNC(=O)c2ccc(-c3cccc(C(F)(F)F)c3)o2)c2ccccc2)cc1. The molecule has 1 heterocycles. The summed E-state index contributed by atoms with van der Waals surface area (Å²) in [5, 5.41) is 8.92. The van der Waals surface area contributed by atoms with Gasteiger partial charge in [0.25, 0.3) is 5.91 Å². The number of hydrogen-bond donors (Lipinski definition) is 3. The standard InChI is InChI=1S/C31H30F3N3O4/c1-40-25-12-10-24(11-13-25)35-18-19-37-29(38)26(21-6-3-2-4-7-21)16-17-36-30(39)28-15-14-27(41-28)22-8-5-9-23(20-22)31(32,33)34/h2-15,20,26,35H,16-19H2,1H3,(H,36,39)(H,37,38)/t26-/m0/s1. The van der Waals surface area contributed by atoms with Crippen molar-refractivity contribution in [3.63, 3.8) is 0 Å². The maximum absolute atomic E-state index is 13.1. The van der Waals surface area contributed by atoms with E-state index in [0.29, 0.717) is 19.5 Å². The number of anilines is 1. The first-order chi connectivity index (χ1) is 19.7. The number of hydrogen-bond acceptors (Lipinski definition) is 5. The summed E-state index contributed by atoms with van der Waals surface area (Å²) in [6.07, 6.45) is -4.16. The Kier molecular flexibility index (Phi) is 9.68. The smallest absolute Gasteiger partial charge is 0.416 e. The number of ether oxygens (including phenoxy) is 1. The molecular weight excluding hydrogens is 535 g/mol. The van der Waals surface area contributed by atoms with Crippen LogP contribution < -0.4 is 20.7 Å². The van der Waals surface area contributed by atoms with Crippen molar-refractivity contribution in [1.82, 2.24) is 10.6 Å². The maximum atomic E-state index is 13.1. The number of carbonyl (C=O) groups is 2. The van der Waals surface area contributed by atoms with E-state index in [1.165, 1.54) is 24.3 Å². The predicted octanol–water partition coefficient (Wildman–Crippen LogP) is 6.11. The van der Waals surface area contributed by atoms with Crippen molar-refractivity contribution in [3.05, 3.63) is 108 Å². The summed E-state index contributed by atoms with van der Waals surface area (Å²) in [6.45, 7) is 1.09. The Morgan fingerprint density at radius 3 is 2.32 bits per heavy atom. The van der Waals surface area contributed by atoms with Crippen LogP contribution in [0.5, 0.6) is 5.75 Å². The van der Waals surface area contributed by atoms with Gasteiger partial charge in [0.1, 0.15) is 11.5 Å². The molecule has 0 bridgehead atoms. The first-order valence-electron chi connectivity index (χ1n) is 13.0. The second-order valence-electron chi connectivity index (χ2n) is 9.20. The highest BCUT2D eigenvalue weighted by Gasteiger charge is 2.30. The van der Waals surface area contributed by atoms with E-state index in [2.05, 4.69) is 16.0 Å². The van der Waals surface area contributed by atoms with Crippen LogP contribution in [0.15, 0.2) is 95.4 Å². The van der Waals surface area contributed by atoms with Crippen LogP contribution in [0.4, 0.5) is 18.9 Å². The van der Waals surface area contributed by atoms with Gasteiger partial charge in [0.05, 0.1) is 18.6 Å². The first kappa shape index (κ1) is 29.3. The summed E-state index contributed by atoms with van der Waals surface area (Å²) in [5.41, 5.74) is 1.11. The molecule has 10 heteroatoms. The first-order valence-corrected chi connectivity index (χ1v) is 13.0. The van der Waals surface area contributed by atoms with Crippen molar-refractivity contribution in [3.8, 4) is 17.1 Å². The second kappa shape index (κ2) is 13.6. The number of benzene rings is 3. The molecule has 0 radical (unpaired) electrons. The van der Waals surface area contributed by atoms with E-state index in [1.807, 2.05) is 54.6 Å². The normalized spacial score (nSPS) is 11.9. The van der Waals surface area contributed by atoms with Gasteiger partial charge in [-0.3, -0.25) is 9.59 Å². The third-order valence-corrected chi connectivity index (χ3v) is 6.38. The quantitative estimate of drug-likeness (QED) is 0.180. The summed E-state index contributed by atoms with van der Waals surface area (Å²) >= 11 is 0. The van der Waals surface area contributed by atoms with Gasteiger partial charge in [0.2, 0.25) is 5.91 Å². The summed E-state index contributed by atoms with van der Waals surface area (Å²) in [6, 6.07) is 24.3. The second-order valence-corrected chi connectivity index (χ2v) is 9.20. The van der Waals surface area contributed by atoms with Crippen LogP contribution >= 0.6 is 0 Å². The van der Waals surface area contributed by atoms with Gasteiger partial charge in [-0.25, -0.2) is 0 Å². The molecule has 0 saturated carbocycles. The predicted molar refractivity (Wildman–Crippen MR) is 150 cm³/mol. The molecule has 4 aromatic rings. The molecule has 0 fully saturated rings. The number of carbonyl (C=O) groups excluding carboxylic acids is 2. The Morgan fingerprint density at radius 1 is 0.854 bits per heavy atom. The van der Waals surface area contributed by atoms with E-state index < -0.39 is 23.6 Å². The Hall–Kier alpha value is -4.73. The lowest BCUT2D eigenvalue weighted by Crippen LogP contribution is -2.35. The monoisotopic (exact) mass is 565 g/mol. The molecule has 0 spiro atoms. The minimum Gasteiger partial charge on any atom is -0.497 e. The highest BCUT2D eigenvalue weighted by molar-refractivity contribution is 5.92. The molecule has 0 aliphatic rings. The van der Waals surface area contributed by atoms with Crippen molar-refractivity contribution < 1.29 is 31.9 Å². The fraction of sp³-hybridized carbons (Fsp3) is 0.226. The van der Waals surface area contributed by atoms with Gasteiger partial charge < -0.3 is 25.1 Å². The summed E-state index contributed by atoms with van der Waals surface area (Å²) in [4.78, 5) is 25.8. The molecule has 0 aliphatic carbocycles. The van der Waals surface area contributed by atoms with E-state index in [1.54, 1.807) is 7.11 Å². The van der Waals surface area contributed by atoms with Gasteiger partial charge in [-0.15, -0.1) is 0 Å². The van der Waals surface area contributed by atoms with Crippen LogP contribution in [0, 0.1) is 0 Å². The average molecular weight is 566 g/mol. The molecule has 4 rings (SSSR count). The van der Waals surface area contributed by atoms with E-state index >= 15 is 0 Å². The lowest BCUT2D eigenvalue weighted by Gasteiger charge is -2.18. The van der Waals surface area contributed by atoms with E-state index in [-0.39, 0.29) is 29.5 Å². The average Bonchev–Trinajstić information content (AvgIpc) is 3.48. The van der Waals surface area contributed by atoms with Gasteiger partial charge >= 0.3 is 6.18 Å². The number of nitrogens with one attached hydrogen (secondary N) is 3. The number of amides is 2. The number of furan rings is 1. The topological polar surface area (TPSA) is 92.6 Å². The maximum Gasteiger partial charge on any atom is 0.416 e. The van der Waals surface area contributed by atoms with Gasteiger partial charge in [-0.2, -0.15) is 13.2 Å². The molecule has 0 unspecified atom stereocenters. The third-order valence-electron chi connectivity index (χ3n) is 6.38. The molecule has 0 aliphatic heterocycles. The molecule has 214 valence electrons. The summed E-state index contributed by atoms with van der Waals surface area (Å²) < 4.78 is 49.8. The molecule has 41 heavy (non-hydrogen) atoms. The van der Waals surface area contributed by atoms with Gasteiger partial charge in [-0.05, 0) is 60.5 Å². The number of methoxy groups -OCH3 is 1. The molecule has 7 nitrogen and oxygen atoms in total. The van der Waals surface area contributed by atoms with Crippen LogP contribution in [0.1, 0.15) is 34.0 Å². The number of halogens is 3. The van der Waals surface area contributed by atoms with Crippen LogP contribution in [0.25, 0.3) is 11.3 Å². The van der Waals surface area contributed by atoms with Crippen molar-refractivity contribution >= 4 is 17.5 Å².